The Bertz CT molecular complexity index is 439. The SMILES string of the molecule is CCNC(c1c(C)nn(C)c1C)C1CC(C)CC(C)C1. The highest BCUT2D eigenvalue weighted by atomic mass is 15.3. The lowest BCUT2D eigenvalue weighted by atomic mass is 9.72. The predicted molar refractivity (Wildman–Crippen MR) is 84.8 cm³/mol. The van der Waals surface area contributed by atoms with Crippen molar-refractivity contribution in [3.05, 3.63) is 17.0 Å². The molecule has 0 aliphatic heterocycles. The largest absolute Gasteiger partial charge is 0.310 e. The summed E-state index contributed by atoms with van der Waals surface area (Å²) in [5, 5.41) is 8.37. The molecule has 3 atom stereocenters. The van der Waals surface area contributed by atoms with Gasteiger partial charge in [-0.3, -0.25) is 4.68 Å². The summed E-state index contributed by atoms with van der Waals surface area (Å²) < 4.78 is 2.03. The summed E-state index contributed by atoms with van der Waals surface area (Å²) in [6.07, 6.45) is 4.08. The third-order valence-corrected chi connectivity index (χ3v) is 4.99. The standard InChI is InChI=1S/C17H31N3/c1-7-18-17(15-9-11(2)8-12(3)10-15)16-13(4)19-20(6)14(16)5/h11-12,15,17-18H,7-10H2,1-6H3. The second-order valence-electron chi connectivity index (χ2n) is 6.92. The van der Waals surface area contributed by atoms with E-state index in [0.29, 0.717) is 6.04 Å². The third-order valence-electron chi connectivity index (χ3n) is 4.99. The van der Waals surface area contributed by atoms with Crippen LogP contribution >= 0.6 is 0 Å². The van der Waals surface area contributed by atoms with E-state index in [1.807, 2.05) is 4.68 Å². The summed E-state index contributed by atoms with van der Waals surface area (Å²) in [4.78, 5) is 0. The average molecular weight is 277 g/mol. The zero-order valence-corrected chi connectivity index (χ0v) is 14.0. The van der Waals surface area contributed by atoms with Crippen LogP contribution in [0.25, 0.3) is 0 Å². The summed E-state index contributed by atoms with van der Waals surface area (Å²) in [6, 6.07) is 0.471. The topological polar surface area (TPSA) is 29.9 Å². The van der Waals surface area contributed by atoms with Gasteiger partial charge in [0.05, 0.1) is 5.69 Å². The Balaban J connectivity index is 2.30. The summed E-state index contributed by atoms with van der Waals surface area (Å²) in [5.74, 6) is 2.44. The molecule has 1 aromatic rings. The highest BCUT2D eigenvalue weighted by Crippen LogP contribution is 2.41. The molecule has 2 rings (SSSR count). The van der Waals surface area contributed by atoms with Crippen LogP contribution in [-0.2, 0) is 7.05 Å². The minimum absolute atomic E-state index is 0.471. The smallest absolute Gasteiger partial charge is 0.0644 e. The van der Waals surface area contributed by atoms with Crippen molar-refractivity contribution in [3.8, 4) is 0 Å². The molecule has 20 heavy (non-hydrogen) atoms. The fourth-order valence-corrected chi connectivity index (χ4v) is 4.25. The van der Waals surface area contributed by atoms with Gasteiger partial charge in [0.25, 0.3) is 0 Å². The molecule has 0 amide bonds. The molecule has 0 saturated heterocycles. The Hall–Kier alpha value is -0.830. The van der Waals surface area contributed by atoms with Crippen molar-refractivity contribution < 1.29 is 0 Å². The first-order chi connectivity index (χ1) is 9.43. The first-order valence-electron chi connectivity index (χ1n) is 8.17. The Labute approximate surface area is 124 Å². The molecule has 1 aliphatic carbocycles. The van der Waals surface area contributed by atoms with Crippen molar-refractivity contribution in [3.63, 3.8) is 0 Å². The lowest BCUT2D eigenvalue weighted by molar-refractivity contribution is 0.177. The van der Waals surface area contributed by atoms with Gasteiger partial charge < -0.3 is 5.32 Å². The second kappa shape index (κ2) is 6.30. The van der Waals surface area contributed by atoms with Crippen molar-refractivity contribution in [1.82, 2.24) is 15.1 Å². The van der Waals surface area contributed by atoms with E-state index < -0.39 is 0 Å². The minimum Gasteiger partial charge on any atom is -0.310 e. The molecule has 0 bridgehead atoms. The van der Waals surface area contributed by atoms with Gasteiger partial charge in [0.15, 0.2) is 0 Å². The van der Waals surface area contributed by atoms with Gasteiger partial charge in [0.2, 0.25) is 0 Å². The van der Waals surface area contributed by atoms with E-state index in [2.05, 4.69) is 52.1 Å². The van der Waals surface area contributed by atoms with E-state index in [0.717, 1.165) is 24.3 Å². The second-order valence-corrected chi connectivity index (χ2v) is 6.92. The molecule has 114 valence electrons. The van der Waals surface area contributed by atoms with Crippen LogP contribution < -0.4 is 5.32 Å². The minimum atomic E-state index is 0.471. The molecule has 3 heteroatoms. The summed E-state index contributed by atoms with van der Waals surface area (Å²) in [7, 11) is 2.06. The Morgan fingerprint density at radius 2 is 1.80 bits per heavy atom. The van der Waals surface area contributed by atoms with Crippen molar-refractivity contribution in [2.24, 2.45) is 24.8 Å². The van der Waals surface area contributed by atoms with Crippen LogP contribution in [-0.4, -0.2) is 16.3 Å². The molecule has 0 radical (unpaired) electrons. The Kier molecular flexibility index (Phi) is 4.90. The molecular formula is C17H31N3. The third kappa shape index (κ3) is 3.08. The van der Waals surface area contributed by atoms with Gasteiger partial charge >= 0.3 is 0 Å². The van der Waals surface area contributed by atoms with Gasteiger partial charge in [0, 0.05) is 24.3 Å². The first kappa shape index (κ1) is 15.6. The number of nitrogens with one attached hydrogen (secondary N) is 1. The Morgan fingerprint density at radius 1 is 1.20 bits per heavy atom. The lowest BCUT2D eigenvalue weighted by Crippen LogP contribution is -2.34. The number of rotatable bonds is 4. The van der Waals surface area contributed by atoms with Crippen LogP contribution in [0.1, 0.15) is 63.0 Å². The zero-order chi connectivity index (χ0) is 14.9. The van der Waals surface area contributed by atoms with Crippen LogP contribution in [0.3, 0.4) is 0 Å². The average Bonchev–Trinajstić information content (AvgIpc) is 2.60. The van der Waals surface area contributed by atoms with E-state index in [4.69, 9.17) is 0 Å². The normalized spacial score (nSPS) is 28.6. The molecule has 1 aromatic heterocycles. The maximum absolute atomic E-state index is 4.62. The Morgan fingerprint density at radius 3 is 2.25 bits per heavy atom. The summed E-state index contributed by atoms with van der Waals surface area (Å²) in [6.45, 7) is 12.4. The van der Waals surface area contributed by atoms with Crippen molar-refractivity contribution >= 4 is 0 Å². The zero-order valence-electron chi connectivity index (χ0n) is 14.0. The first-order valence-corrected chi connectivity index (χ1v) is 8.17. The molecule has 1 fully saturated rings. The van der Waals surface area contributed by atoms with Gasteiger partial charge in [-0.15, -0.1) is 0 Å². The highest BCUT2D eigenvalue weighted by Gasteiger charge is 2.33. The van der Waals surface area contributed by atoms with E-state index in [1.54, 1.807) is 0 Å². The molecular weight excluding hydrogens is 246 g/mol. The summed E-state index contributed by atoms with van der Waals surface area (Å²) in [5.41, 5.74) is 3.96. The fraction of sp³-hybridized carbons (Fsp3) is 0.824. The van der Waals surface area contributed by atoms with Crippen LogP contribution in [0, 0.1) is 31.6 Å². The number of nitrogens with zero attached hydrogens (tertiary/aromatic N) is 2. The molecule has 0 spiro atoms. The molecule has 1 N–H and O–H groups in total. The van der Waals surface area contributed by atoms with Crippen LogP contribution in [0.2, 0.25) is 0 Å². The van der Waals surface area contributed by atoms with Crippen LogP contribution in [0.4, 0.5) is 0 Å². The van der Waals surface area contributed by atoms with Gasteiger partial charge in [-0.1, -0.05) is 20.8 Å². The van der Waals surface area contributed by atoms with E-state index in [1.165, 1.54) is 36.2 Å². The lowest BCUT2D eigenvalue weighted by Gasteiger charge is -2.37. The van der Waals surface area contributed by atoms with E-state index in [9.17, 15) is 0 Å². The molecule has 1 heterocycles. The van der Waals surface area contributed by atoms with Gasteiger partial charge in [0.1, 0.15) is 0 Å². The fourth-order valence-electron chi connectivity index (χ4n) is 4.25. The van der Waals surface area contributed by atoms with Crippen LogP contribution in [0.5, 0.6) is 0 Å². The van der Waals surface area contributed by atoms with Crippen molar-refractivity contribution in [2.75, 3.05) is 6.54 Å². The van der Waals surface area contributed by atoms with Gasteiger partial charge in [-0.05, 0) is 57.4 Å². The maximum Gasteiger partial charge on any atom is 0.0644 e. The number of aromatic nitrogens is 2. The summed E-state index contributed by atoms with van der Waals surface area (Å²) >= 11 is 0. The maximum atomic E-state index is 4.62. The van der Waals surface area contributed by atoms with Crippen molar-refractivity contribution in [2.45, 2.75) is 59.9 Å². The van der Waals surface area contributed by atoms with E-state index in [-0.39, 0.29) is 0 Å². The van der Waals surface area contributed by atoms with Crippen LogP contribution in [0.15, 0.2) is 0 Å². The molecule has 0 aromatic carbocycles. The monoisotopic (exact) mass is 277 g/mol. The molecule has 1 saturated carbocycles. The molecule has 3 unspecified atom stereocenters. The van der Waals surface area contributed by atoms with Gasteiger partial charge in [-0.2, -0.15) is 5.10 Å². The van der Waals surface area contributed by atoms with Crippen molar-refractivity contribution in [1.29, 1.82) is 0 Å². The highest BCUT2D eigenvalue weighted by molar-refractivity contribution is 5.29. The number of hydrogen-bond acceptors (Lipinski definition) is 2. The van der Waals surface area contributed by atoms with E-state index >= 15 is 0 Å². The predicted octanol–water partition coefficient (Wildman–Crippen LogP) is 3.76. The number of aryl methyl sites for hydroxylation is 2. The molecule has 1 aliphatic rings. The quantitative estimate of drug-likeness (QED) is 0.908. The van der Waals surface area contributed by atoms with Gasteiger partial charge in [-0.25, -0.2) is 0 Å². The molecule has 3 nitrogen and oxygen atoms in total. The number of hydrogen-bond donors (Lipinski definition) is 1.